The van der Waals surface area contributed by atoms with Gasteiger partial charge in [0.15, 0.2) is 12.4 Å². The van der Waals surface area contributed by atoms with E-state index in [1.165, 1.54) is 5.57 Å². The molecule has 0 spiro atoms. The Morgan fingerprint density at radius 1 is 1.03 bits per heavy atom. The van der Waals surface area contributed by atoms with Gasteiger partial charge in [-0.2, -0.15) is 0 Å². The number of ether oxygens (including phenoxy) is 2. The first-order chi connectivity index (χ1) is 18.0. The van der Waals surface area contributed by atoms with Crippen molar-refractivity contribution in [3.8, 4) is 0 Å². The molecule has 11 heteroatoms. The summed E-state index contributed by atoms with van der Waals surface area (Å²) in [7, 11) is 0. The van der Waals surface area contributed by atoms with E-state index in [4.69, 9.17) is 19.4 Å². The van der Waals surface area contributed by atoms with Gasteiger partial charge in [-0.25, -0.2) is 9.59 Å². The number of allylic oxidation sites excluding steroid dienone is 1. The fourth-order valence-electron chi connectivity index (χ4n) is 8.20. The molecule has 1 heterocycles. The maximum absolute atomic E-state index is 11.4. The third kappa shape index (κ3) is 4.56. The third-order valence-corrected chi connectivity index (χ3v) is 10.3. The number of rotatable bonds is 6. The van der Waals surface area contributed by atoms with E-state index in [9.17, 15) is 30.0 Å². The molecule has 0 bridgehead atoms. The number of carboxylic acid groups (broad SMARTS) is 2. The molecule has 11 atom stereocenters. The van der Waals surface area contributed by atoms with E-state index in [0.29, 0.717) is 30.6 Å². The van der Waals surface area contributed by atoms with Crippen molar-refractivity contribution in [2.45, 2.75) is 102 Å². The van der Waals surface area contributed by atoms with Crippen LogP contribution in [-0.4, -0.2) is 86.6 Å². The lowest BCUT2D eigenvalue weighted by Gasteiger charge is -2.57. The number of carbonyl (C=O) groups is 2. The van der Waals surface area contributed by atoms with Crippen molar-refractivity contribution in [1.29, 1.82) is 0 Å². The quantitative estimate of drug-likeness (QED) is 0.248. The summed E-state index contributed by atoms with van der Waals surface area (Å²) in [5.74, 6) is -0.986. The van der Waals surface area contributed by atoms with Gasteiger partial charge in [0.25, 0.3) is 0 Å². The molecular formula is C27H39NO10. The zero-order valence-electron chi connectivity index (χ0n) is 21.9. The first-order valence-electron chi connectivity index (χ1n) is 13.6. The van der Waals surface area contributed by atoms with Gasteiger partial charge in [-0.05, 0) is 74.5 Å². The first-order valence-corrected chi connectivity index (χ1v) is 13.6. The van der Waals surface area contributed by atoms with Gasteiger partial charge < -0.3 is 39.8 Å². The highest BCUT2D eigenvalue weighted by atomic mass is 16.7. The summed E-state index contributed by atoms with van der Waals surface area (Å²) >= 11 is 0. The molecule has 0 amide bonds. The summed E-state index contributed by atoms with van der Waals surface area (Å²) in [4.78, 5) is 27.4. The van der Waals surface area contributed by atoms with Gasteiger partial charge in [0.2, 0.25) is 6.61 Å². The van der Waals surface area contributed by atoms with E-state index < -0.39 is 49.3 Å². The monoisotopic (exact) mass is 537 g/mol. The Kier molecular flexibility index (Phi) is 7.36. The van der Waals surface area contributed by atoms with Gasteiger partial charge in [-0.1, -0.05) is 30.7 Å². The Bertz CT molecular complexity index is 1010. The fraction of sp³-hybridized carbons (Fsp3) is 0.815. The molecule has 38 heavy (non-hydrogen) atoms. The number of oxime groups is 1. The number of nitrogens with zero attached hydrogens (tertiary/aromatic N) is 1. The molecule has 5 aliphatic rings. The van der Waals surface area contributed by atoms with Gasteiger partial charge in [0.1, 0.15) is 18.3 Å². The van der Waals surface area contributed by atoms with E-state index in [1.54, 1.807) is 0 Å². The largest absolute Gasteiger partial charge is 0.479 e. The maximum atomic E-state index is 11.4. The highest BCUT2D eigenvalue weighted by Gasteiger charge is 2.58. The van der Waals surface area contributed by atoms with Crippen molar-refractivity contribution in [2.75, 3.05) is 6.61 Å². The predicted octanol–water partition coefficient (Wildman–Crippen LogP) is 1.68. The van der Waals surface area contributed by atoms with Crippen LogP contribution < -0.4 is 0 Å². The normalized spacial score (nSPS) is 47.4. The van der Waals surface area contributed by atoms with Crippen LogP contribution in [0.3, 0.4) is 0 Å². The summed E-state index contributed by atoms with van der Waals surface area (Å²) in [5.41, 5.74) is 2.23. The van der Waals surface area contributed by atoms with Crippen LogP contribution in [0.15, 0.2) is 16.8 Å². The van der Waals surface area contributed by atoms with E-state index in [0.717, 1.165) is 44.2 Å². The molecule has 0 aromatic rings. The summed E-state index contributed by atoms with van der Waals surface area (Å²) in [6.07, 6.45) is 1.10. The Morgan fingerprint density at radius 2 is 1.74 bits per heavy atom. The fourth-order valence-corrected chi connectivity index (χ4v) is 8.20. The van der Waals surface area contributed by atoms with E-state index in [1.807, 2.05) is 0 Å². The Balaban J connectivity index is 1.27. The molecule has 0 radical (unpaired) electrons. The molecule has 5 N–H and O–H groups in total. The van der Waals surface area contributed by atoms with E-state index >= 15 is 0 Å². The predicted molar refractivity (Wildman–Crippen MR) is 132 cm³/mol. The molecular weight excluding hydrogens is 498 g/mol. The van der Waals surface area contributed by atoms with Crippen LogP contribution in [0.1, 0.15) is 65.2 Å². The van der Waals surface area contributed by atoms with Gasteiger partial charge >= 0.3 is 11.9 Å². The van der Waals surface area contributed by atoms with Gasteiger partial charge in [-0.15, -0.1) is 0 Å². The molecule has 11 nitrogen and oxygen atoms in total. The first kappa shape index (κ1) is 27.5. The average molecular weight is 538 g/mol. The molecule has 0 unspecified atom stereocenters. The van der Waals surface area contributed by atoms with Gasteiger partial charge in [0, 0.05) is 5.41 Å². The second-order valence-electron chi connectivity index (χ2n) is 12.2. The van der Waals surface area contributed by atoms with Crippen molar-refractivity contribution in [1.82, 2.24) is 0 Å². The van der Waals surface area contributed by atoms with Crippen molar-refractivity contribution in [2.24, 2.45) is 33.7 Å². The Labute approximate surface area is 221 Å². The average Bonchev–Trinajstić information content (AvgIpc) is 3.20. The smallest absolute Gasteiger partial charge is 0.344 e. The number of hydrogen-bond acceptors (Lipinski definition) is 9. The van der Waals surface area contributed by atoms with Crippen LogP contribution in [0.4, 0.5) is 0 Å². The van der Waals surface area contributed by atoms with E-state index in [2.05, 4.69) is 25.1 Å². The van der Waals surface area contributed by atoms with Crippen molar-refractivity contribution in [3.05, 3.63) is 11.6 Å². The van der Waals surface area contributed by atoms with Gasteiger partial charge in [-0.3, -0.25) is 0 Å². The van der Waals surface area contributed by atoms with E-state index in [-0.39, 0.29) is 16.9 Å². The standard InChI is InChI=1S/C27H39NO10/c1-26-9-7-14(37-25-22(33)20(31)21(32)23(38-25)24(34)35)11-13(26)3-4-15-16-5-6-18(28-36-12-19(29)30)27(16,2)10-8-17(15)26/h3,14-17,20-23,25,31-33H,4-12H2,1-2H3,(H,29,30)(H,34,35)/b28-18-/t14-,15-,16-,17-,20-,21-,22+,23-,25+,26-,27-/m0/s1. The maximum Gasteiger partial charge on any atom is 0.344 e. The summed E-state index contributed by atoms with van der Waals surface area (Å²) < 4.78 is 11.4. The number of hydrogen-bond donors (Lipinski definition) is 5. The molecule has 4 fully saturated rings. The number of carboxylic acids is 2. The van der Waals surface area contributed by atoms with Gasteiger partial charge in [0.05, 0.1) is 11.8 Å². The lowest BCUT2D eigenvalue weighted by atomic mass is 9.48. The third-order valence-electron chi connectivity index (χ3n) is 10.3. The minimum atomic E-state index is -1.74. The molecule has 5 rings (SSSR count). The van der Waals surface area contributed by atoms with Crippen molar-refractivity contribution in [3.63, 3.8) is 0 Å². The number of aliphatic carboxylic acids is 2. The molecule has 0 aromatic carbocycles. The Morgan fingerprint density at radius 3 is 2.45 bits per heavy atom. The molecule has 1 aliphatic heterocycles. The zero-order chi connectivity index (χ0) is 27.4. The molecule has 212 valence electrons. The van der Waals surface area contributed by atoms with Crippen molar-refractivity contribution < 1.29 is 49.4 Å². The topological polar surface area (TPSA) is 175 Å². The van der Waals surface area contributed by atoms with Crippen LogP contribution in [0.2, 0.25) is 0 Å². The zero-order valence-corrected chi connectivity index (χ0v) is 21.9. The van der Waals surface area contributed by atoms with Crippen LogP contribution in [0, 0.1) is 28.6 Å². The summed E-state index contributed by atoms with van der Waals surface area (Å²) in [6, 6.07) is 0. The summed E-state index contributed by atoms with van der Waals surface area (Å²) in [6.45, 7) is 4.16. The molecule has 0 aromatic heterocycles. The molecule has 4 aliphatic carbocycles. The number of aliphatic hydroxyl groups is 3. The lowest BCUT2D eigenvalue weighted by molar-refractivity contribution is -0.306. The SMILES string of the molecule is C[C@]12CC[C@H](O[C@@H]3O[C@H](C(=O)O)[C@@H](O)[C@H](O)[C@H]3O)CC1=CC[C@@H]1[C@@H]2CC[C@]2(C)/C(=N\OCC(=O)O)CC[C@@H]12. The molecule has 3 saturated carbocycles. The van der Waals surface area contributed by atoms with Crippen LogP contribution in [0.5, 0.6) is 0 Å². The lowest BCUT2D eigenvalue weighted by Crippen LogP contribution is -2.61. The van der Waals surface area contributed by atoms with Crippen LogP contribution >= 0.6 is 0 Å². The minimum absolute atomic E-state index is 0.00908. The van der Waals surface area contributed by atoms with Crippen molar-refractivity contribution >= 4 is 17.7 Å². The van der Waals surface area contributed by atoms with Crippen LogP contribution in [0.25, 0.3) is 0 Å². The Hall–Kier alpha value is -2.05. The highest BCUT2D eigenvalue weighted by Crippen LogP contribution is 2.64. The number of aliphatic hydroxyl groups excluding tert-OH is 3. The van der Waals surface area contributed by atoms with Crippen LogP contribution in [-0.2, 0) is 23.9 Å². The minimum Gasteiger partial charge on any atom is -0.479 e. The second-order valence-corrected chi connectivity index (χ2v) is 12.2. The number of fused-ring (bicyclic) bond motifs is 5. The second kappa shape index (κ2) is 10.2. The molecule has 1 saturated heterocycles. The summed E-state index contributed by atoms with van der Waals surface area (Å²) in [5, 5.41) is 52.9. The highest BCUT2D eigenvalue weighted by molar-refractivity contribution is 5.92.